The summed E-state index contributed by atoms with van der Waals surface area (Å²) in [5.41, 5.74) is 6.15. The highest BCUT2D eigenvalue weighted by atomic mass is 35.5. The first-order chi connectivity index (χ1) is 10.4. The highest BCUT2D eigenvalue weighted by Crippen LogP contribution is 2.38. The fourth-order valence-electron chi connectivity index (χ4n) is 3.55. The Morgan fingerprint density at radius 3 is 2.78 bits per heavy atom. The molecule has 2 fully saturated rings. The predicted molar refractivity (Wildman–Crippen MR) is 90.5 cm³/mol. The molecule has 130 valence electrons. The summed E-state index contributed by atoms with van der Waals surface area (Å²) in [7, 11) is -2.42. The first kappa shape index (κ1) is 18.7. The third kappa shape index (κ3) is 3.28. The number of fused-ring (bicyclic) bond motifs is 1. The van der Waals surface area contributed by atoms with E-state index in [2.05, 4.69) is 4.74 Å². The Hall–Kier alpha value is -0.670. The minimum absolute atomic E-state index is 0. The van der Waals surface area contributed by atoms with Crippen LogP contribution < -0.4 is 5.73 Å². The molecule has 1 aliphatic heterocycles. The number of nitrogens with zero attached hydrogens (tertiary/aromatic N) is 1. The van der Waals surface area contributed by atoms with Gasteiger partial charge in [-0.3, -0.25) is 0 Å². The van der Waals surface area contributed by atoms with Crippen LogP contribution >= 0.6 is 23.7 Å². The summed E-state index contributed by atoms with van der Waals surface area (Å²) in [5.74, 6) is -0.0515. The lowest BCUT2D eigenvalue weighted by Crippen LogP contribution is -2.38. The summed E-state index contributed by atoms with van der Waals surface area (Å²) in [4.78, 5) is 11.9. The van der Waals surface area contributed by atoms with Crippen LogP contribution in [-0.2, 0) is 14.8 Å². The number of hydrogen-bond donors (Lipinski definition) is 1. The molecule has 2 N–H and O–H groups in total. The van der Waals surface area contributed by atoms with Crippen molar-refractivity contribution in [3.8, 4) is 0 Å². The molecule has 1 saturated carbocycles. The summed E-state index contributed by atoms with van der Waals surface area (Å²) in [6.07, 6.45) is 3.04. The maximum atomic E-state index is 12.9. The third-order valence-corrected chi connectivity index (χ3v) is 7.64. The van der Waals surface area contributed by atoms with E-state index in [0.717, 1.165) is 30.6 Å². The van der Waals surface area contributed by atoms with Crippen LogP contribution in [0.2, 0.25) is 0 Å². The Kier molecular flexibility index (Phi) is 5.73. The van der Waals surface area contributed by atoms with Crippen LogP contribution in [0.15, 0.2) is 16.3 Å². The number of rotatable bonds is 3. The van der Waals surface area contributed by atoms with Gasteiger partial charge in [0.25, 0.3) is 0 Å². The van der Waals surface area contributed by atoms with Gasteiger partial charge in [-0.2, -0.15) is 4.31 Å². The van der Waals surface area contributed by atoms with Crippen molar-refractivity contribution in [2.24, 2.45) is 17.6 Å². The average molecular weight is 381 g/mol. The van der Waals surface area contributed by atoms with Gasteiger partial charge in [-0.05, 0) is 36.1 Å². The number of thiophene rings is 1. The molecular weight excluding hydrogens is 360 g/mol. The molecule has 0 aromatic carbocycles. The quantitative estimate of drug-likeness (QED) is 0.806. The molecular formula is C14H21ClN2O4S2. The first-order valence-corrected chi connectivity index (χ1v) is 9.68. The molecule has 2 heterocycles. The molecule has 0 amide bonds. The molecule has 3 rings (SSSR count). The number of hydrogen-bond acceptors (Lipinski definition) is 6. The van der Waals surface area contributed by atoms with Crippen molar-refractivity contribution in [1.82, 2.24) is 4.31 Å². The Labute approximate surface area is 146 Å². The summed E-state index contributed by atoms with van der Waals surface area (Å²) >= 11 is 1.09. The Morgan fingerprint density at radius 2 is 2.13 bits per heavy atom. The second-order valence-corrected chi connectivity index (χ2v) is 8.77. The molecule has 2 aliphatic rings. The number of methoxy groups -OCH3 is 1. The maximum absolute atomic E-state index is 12.9. The van der Waals surface area contributed by atoms with Gasteiger partial charge in [0.2, 0.25) is 10.0 Å². The zero-order valence-electron chi connectivity index (χ0n) is 12.8. The van der Waals surface area contributed by atoms with Crippen LogP contribution in [0.3, 0.4) is 0 Å². The topological polar surface area (TPSA) is 89.7 Å². The summed E-state index contributed by atoms with van der Waals surface area (Å²) in [5, 5.41) is 1.61. The molecule has 1 aromatic rings. The van der Waals surface area contributed by atoms with Crippen molar-refractivity contribution in [3.63, 3.8) is 0 Å². The Bertz CT molecular complexity index is 676. The van der Waals surface area contributed by atoms with Gasteiger partial charge < -0.3 is 10.5 Å². The molecule has 0 spiro atoms. The first-order valence-electron chi connectivity index (χ1n) is 7.36. The number of carbonyl (C=O) groups is 1. The number of halogens is 1. The lowest BCUT2D eigenvalue weighted by Gasteiger charge is -2.29. The number of esters is 1. The smallest absolute Gasteiger partial charge is 0.349 e. The normalized spacial score (nSPS) is 28.0. The van der Waals surface area contributed by atoms with Gasteiger partial charge in [-0.25, -0.2) is 13.2 Å². The Balaban J connectivity index is 0.00000192. The van der Waals surface area contributed by atoms with Gasteiger partial charge in [0.15, 0.2) is 0 Å². The van der Waals surface area contributed by atoms with Crippen LogP contribution in [0.4, 0.5) is 0 Å². The van der Waals surface area contributed by atoms with Crippen LogP contribution in [0.1, 0.15) is 28.9 Å². The van der Waals surface area contributed by atoms with Gasteiger partial charge in [0, 0.05) is 19.1 Å². The van der Waals surface area contributed by atoms with E-state index < -0.39 is 16.0 Å². The lowest BCUT2D eigenvalue weighted by molar-refractivity contribution is 0.0602. The monoisotopic (exact) mass is 380 g/mol. The standard InChI is InChI=1S/C14H20N2O4S2.ClH/c1-20-14(17)13-12(5-6-21-13)22(18,19)16-7-9-3-2-4-11(15)10(9)8-16;/h5-6,9-11H,2-4,7-8,15H2,1H3;1H. The van der Waals surface area contributed by atoms with E-state index >= 15 is 0 Å². The molecule has 1 aromatic heterocycles. The van der Waals surface area contributed by atoms with Gasteiger partial charge in [0.05, 0.1) is 7.11 Å². The van der Waals surface area contributed by atoms with Gasteiger partial charge in [-0.1, -0.05) is 6.42 Å². The van der Waals surface area contributed by atoms with E-state index in [4.69, 9.17) is 5.73 Å². The van der Waals surface area contributed by atoms with Crippen LogP contribution in [0.5, 0.6) is 0 Å². The van der Waals surface area contributed by atoms with Crippen molar-refractivity contribution < 1.29 is 17.9 Å². The van der Waals surface area contributed by atoms with E-state index in [0.29, 0.717) is 19.0 Å². The molecule has 1 saturated heterocycles. The lowest BCUT2D eigenvalue weighted by atomic mass is 9.78. The molecule has 1 aliphatic carbocycles. The third-order valence-electron chi connectivity index (χ3n) is 4.74. The predicted octanol–water partition coefficient (Wildman–Crippen LogP) is 1.70. The van der Waals surface area contributed by atoms with Crippen molar-refractivity contribution in [1.29, 1.82) is 0 Å². The molecule has 6 nitrogen and oxygen atoms in total. The number of nitrogens with two attached hydrogens (primary N) is 1. The molecule has 3 unspecified atom stereocenters. The fourth-order valence-corrected chi connectivity index (χ4v) is 6.40. The summed E-state index contributed by atoms with van der Waals surface area (Å²) < 4.78 is 31.9. The van der Waals surface area contributed by atoms with E-state index in [1.165, 1.54) is 17.5 Å². The van der Waals surface area contributed by atoms with E-state index in [9.17, 15) is 13.2 Å². The number of sulfonamides is 1. The van der Waals surface area contributed by atoms with Crippen molar-refractivity contribution in [2.45, 2.75) is 30.2 Å². The van der Waals surface area contributed by atoms with Crippen LogP contribution in [0.25, 0.3) is 0 Å². The summed E-state index contributed by atoms with van der Waals surface area (Å²) in [6, 6.07) is 1.55. The zero-order valence-corrected chi connectivity index (χ0v) is 15.3. The molecule has 3 atom stereocenters. The molecule has 23 heavy (non-hydrogen) atoms. The average Bonchev–Trinajstić information content (AvgIpc) is 3.14. The van der Waals surface area contributed by atoms with E-state index in [-0.39, 0.29) is 34.1 Å². The minimum Gasteiger partial charge on any atom is -0.465 e. The SMILES string of the molecule is COC(=O)c1sccc1S(=O)(=O)N1CC2CCCC(N)C2C1.Cl. The van der Waals surface area contributed by atoms with Gasteiger partial charge in [-0.15, -0.1) is 23.7 Å². The highest BCUT2D eigenvalue weighted by molar-refractivity contribution is 7.89. The van der Waals surface area contributed by atoms with Gasteiger partial charge in [0.1, 0.15) is 9.77 Å². The van der Waals surface area contributed by atoms with Crippen LogP contribution in [0, 0.1) is 11.8 Å². The second kappa shape index (κ2) is 7.06. The van der Waals surface area contributed by atoms with Crippen LogP contribution in [-0.4, -0.2) is 44.9 Å². The van der Waals surface area contributed by atoms with Crippen molar-refractivity contribution >= 4 is 39.7 Å². The second-order valence-electron chi connectivity index (χ2n) is 5.95. The Morgan fingerprint density at radius 1 is 1.39 bits per heavy atom. The summed E-state index contributed by atoms with van der Waals surface area (Å²) in [6.45, 7) is 0.946. The van der Waals surface area contributed by atoms with Gasteiger partial charge >= 0.3 is 5.97 Å². The number of ether oxygens (including phenoxy) is 1. The van der Waals surface area contributed by atoms with E-state index in [1.807, 2.05) is 0 Å². The zero-order chi connectivity index (χ0) is 15.9. The minimum atomic E-state index is -3.68. The van der Waals surface area contributed by atoms with E-state index in [1.54, 1.807) is 5.38 Å². The van der Waals surface area contributed by atoms with Crippen molar-refractivity contribution in [3.05, 3.63) is 16.3 Å². The highest BCUT2D eigenvalue weighted by Gasteiger charge is 2.44. The van der Waals surface area contributed by atoms with Crippen molar-refractivity contribution in [2.75, 3.05) is 20.2 Å². The molecule has 0 radical (unpaired) electrons. The number of carbonyl (C=O) groups excluding carboxylic acids is 1. The molecule has 0 bridgehead atoms. The maximum Gasteiger partial charge on any atom is 0.349 e. The molecule has 9 heteroatoms. The largest absolute Gasteiger partial charge is 0.465 e. The fraction of sp³-hybridized carbons (Fsp3) is 0.643.